The number of hydrogen-bond acceptors (Lipinski definition) is 5. The fourth-order valence-electron chi connectivity index (χ4n) is 2.46. The Labute approximate surface area is 152 Å². The van der Waals surface area contributed by atoms with E-state index in [1.807, 2.05) is 74.4 Å². The summed E-state index contributed by atoms with van der Waals surface area (Å²) in [6.45, 7) is 2.03. The van der Waals surface area contributed by atoms with Crippen molar-refractivity contribution in [2.24, 2.45) is 0 Å². The first kappa shape index (κ1) is 17.7. The molecule has 1 aromatic heterocycles. The zero-order valence-corrected chi connectivity index (χ0v) is 15.2. The minimum atomic E-state index is -0.0855. The number of nitrogens with zero attached hydrogens (tertiary/aromatic N) is 3. The maximum Gasteiger partial charge on any atom is 0.227 e. The maximum absolute atomic E-state index is 12.1. The fraction of sp³-hybridized carbons (Fsp3) is 0.250. The lowest BCUT2D eigenvalue weighted by Crippen LogP contribution is -2.13. The second kappa shape index (κ2) is 7.82. The summed E-state index contributed by atoms with van der Waals surface area (Å²) in [5.41, 5.74) is 3.92. The van der Waals surface area contributed by atoms with Gasteiger partial charge in [-0.2, -0.15) is 4.98 Å². The molecule has 0 radical (unpaired) electrons. The smallest absolute Gasteiger partial charge is 0.227 e. The molecule has 0 aliphatic heterocycles. The topological polar surface area (TPSA) is 71.3 Å². The van der Waals surface area contributed by atoms with E-state index in [9.17, 15) is 4.79 Å². The van der Waals surface area contributed by atoms with E-state index in [1.165, 1.54) is 5.56 Å². The molecule has 3 rings (SSSR count). The first-order valence-electron chi connectivity index (χ1n) is 8.48. The quantitative estimate of drug-likeness (QED) is 0.734. The van der Waals surface area contributed by atoms with E-state index in [1.54, 1.807) is 0 Å². The van der Waals surface area contributed by atoms with Crippen molar-refractivity contribution in [2.75, 3.05) is 24.3 Å². The fourth-order valence-corrected chi connectivity index (χ4v) is 2.46. The molecule has 134 valence electrons. The van der Waals surface area contributed by atoms with E-state index in [0.29, 0.717) is 18.1 Å². The number of amides is 1. The zero-order chi connectivity index (χ0) is 18.5. The van der Waals surface area contributed by atoms with Gasteiger partial charge in [0.25, 0.3) is 0 Å². The van der Waals surface area contributed by atoms with Crippen molar-refractivity contribution >= 4 is 17.3 Å². The molecule has 1 amide bonds. The minimum Gasteiger partial charge on any atom is -0.378 e. The molecule has 2 aromatic carbocycles. The van der Waals surface area contributed by atoms with Crippen LogP contribution in [0.2, 0.25) is 0 Å². The van der Waals surface area contributed by atoms with Gasteiger partial charge < -0.3 is 14.7 Å². The SMILES string of the molecule is Cc1ccc(-c2noc(CCC(=O)Nc3ccc(N(C)C)cc3)n2)cc1. The highest BCUT2D eigenvalue weighted by Gasteiger charge is 2.11. The van der Waals surface area contributed by atoms with Gasteiger partial charge in [-0.1, -0.05) is 35.0 Å². The number of benzene rings is 2. The van der Waals surface area contributed by atoms with Crippen molar-refractivity contribution in [1.82, 2.24) is 10.1 Å². The Bertz CT molecular complexity index is 868. The van der Waals surface area contributed by atoms with Gasteiger partial charge in [0, 0.05) is 43.9 Å². The molecule has 0 aliphatic carbocycles. The van der Waals surface area contributed by atoms with Crippen LogP contribution in [0.5, 0.6) is 0 Å². The molecule has 0 fully saturated rings. The van der Waals surface area contributed by atoms with E-state index in [4.69, 9.17) is 4.52 Å². The Morgan fingerprint density at radius 1 is 1.08 bits per heavy atom. The summed E-state index contributed by atoms with van der Waals surface area (Å²) >= 11 is 0. The van der Waals surface area contributed by atoms with Crippen LogP contribution < -0.4 is 10.2 Å². The van der Waals surface area contributed by atoms with Crippen molar-refractivity contribution in [3.8, 4) is 11.4 Å². The van der Waals surface area contributed by atoms with Crippen LogP contribution in [0.3, 0.4) is 0 Å². The largest absolute Gasteiger partial charge is 0.378 e. The monoisotopic (exact) mass is 350 g/mol. The predicted molar refractivity (Wildman–Crippen MR) is 102 cm³/mol. The summed E-state index contributed by atoms with van der Waals surface area (Å²) in [6, 6.07) is 15.6. The molecule has 0 bridgehead atoms. The molecule has 0 unspecified atom stereocenters. The third-order valence-corrected chi connectivity index (χ3v) is 4.01. The first-order valence-corrected chi connectivity index (χ1v) is 8.48. The average Bonchev–Trinajstić information content (AvgIpc) is 3.10. The molecule has 0 saturated carbocycles. The zero-order valence-electron chi connectivity index (χ0n) is 15.2. The number of nitrogens with one attached hydrogen (secondary N) is 1. The average molecular weight is 350 g/mol. The molecule has 0 spiro atoms. The van der Waals surface area contributed by atoms with Gasteiger partial charge in [-0.15, -0.1) is 0 Å². The third-order valence-electron chi connectivity index (χ3n) is 4.01. The lowest BCUT2D eigenvalue weighted by Gasteiger charge is -2.12. The Hall–Kier alpha value is -3.15. The highest BCUT2D eigenvalue weighted by atomic mass is 16.5. The minimum absolute atomic E-state index is 0.0855. The Morgan fingerprint density at radius 3 is 2.42 bits per heavy atom. The number of aryl methyl sites for hydroxylation is 2. The van der Waals surface area contributed by atoms with E-state index in [-0.39, 0.29) is 12.3 Å². The Balaban J connectivity index is 1.54. The molecule has 0 atom stereocenters. The van der Waals surface area contributed by atoms with Crippen LogP contribution in [0, 0.1) is 6.92 Å². The van der Waals surface area contributed by atoms with Crippen molar-refractivity contribution in [2.45, 2.75) is 19.8 Å². The number of carbonyl (C=O) groups is 1. The standard InChI is InChI=1S/C20H22N4O2/c1-14-4-6-15(7-5-14)20-22-19(26-23-20)13-12-18(25)21-16-8-10-17(11-9-16)24(2)3/h4-11H,12-13H2,1-3H3,(H,21,25). The van der Waals surface area contributed by atoms with Crippen molar-refractivity contribution < 1.29 is 9.32 Å². The molecule has 1 N–H and O–H groups in total. The number of aromatic nitrogens is 2. The summed E-state index contributed by atoms with van der Waals surface area (Å²) in [6.07, 6.45) is 0.686. The van der Waals surface area contributed by atoms with Crippen molar-refractivity contribution in [3.63, 3.8) is 0 Å². The summed E-state index contributed by atoms with van der Waals surface area (Å²) in [5, 5.41) is 6.86. The molecule has 6 heteroatoms. The summed E-state index contributed by atoms with van der Waals surface area (Å²) in [7, 11) is 3.95. The first-order chi connectivity index (χ1) is 12.5. The lowest BCUT2D eigenvalue weighted by molar-refractivity contribution is -0.116. The molecule has 26 heavy (non-hydrogen) atoms. The maximum atomic E-state index is 12.1. The van der Waals surface area contributed by atoms with E-state index in [0.717, 1.165) is 16.9 Å². The van der Waals surface area contributed by atoms with Crippen LogP contribution >= 0.6 is 0 Å². The molecule has 6 nitrogen and oxygen atoms in total. The normalized spacial score (nSPS) is 10.6. The van der Waals surface area contributed by atoms with Gasteiger partial charge in [-0.05, 0) is 31.2 Å². The van der Waals surface area contributed by atoms with Crippen LogP contribution in [-0.4, -0.2) is 30.1 Å². The predicted octanol–water partition coefficient (Wildman–Crippen LogP) is 3.68. The van der Waals surface area contributed by atoms with Gasteiger partial charge in [0.15, 0.2) is 0 Å². The van der Waals surface area contributed by atoms with Crippen molar-refractivity contribution in [1.29, 1.82) is 0 Å². The van der Waals surface area contributed by atoms with Crippen LogP contribution in [0.25, 0.3) is 11.4 Å². The highest BCUT2D eigenvalue weighted by molar-refractivity contribution is 5.90. The van der Waals surface area contributed by atoms with Crippen LogP contribution in [0.1, 0.15) is 17.9 Å². The van der Waals surface area contributed by atoms with Crippen LogP contribution in [-0.2, 0) is 11.2 Å². The molecule has 3 aromatic rings. The Kier molecular flexibility index (Phi) is 5.31. The van der Waals surface area contributed by atoms with Gasteiger partial charge in [0.2, 0.25) is 17.6 Å². The van der Waals surface area contributed by atoms with Gasteiger partial charge >= 0.3 is 0 Å². The second-order valence-corrected chi connectivity index (χ2v) is 6.37. The number of hydrogen-bond donors (Lipinski definition) is 1. The Morgan fingerprint density at radius 2 is 1.77 bits per heavy atom. The second-order valence-electron chi connectivity index (χ2n) is 6.37. The van der Waals surface area contributed by atoms with Crippen molar-refractivity contribution in [3.05, 3.63) is 60.0 Å². The molecule has 1 heterocycles. The molecular formula is C20H22N4O2. The lowest BCUT2D eigenvalue weighted by atomic mass is 10.1. The van der Waals surface area contributed by atoms with E-state index >= 15 is 0 Å². The van der Waals surface area contributed by atoms with Gasteiger partial charge in [0.05, 0.1) is 0 Å². The van der Waals surface area contributed by atoms with E-state index < -0.39 is 0 Å². The molecule has 0 saturated heterocycles. The summed E-state index contributed by atoms with van der Waals surface area (Å²) < 4.78 is 5.25. The van der Waals surface area contributed by atoms with E-state index in [2.05, 4.69) is 15.5 Å². The van der Waals surface area contributed by atoms with Gasteiger partial charge in [0.1, 0.15) is 0 Å². The van der Waals surface area contributed by atoms with Gasteiger partial charge in [-0.3, -0.25) is 4.79 Å². The van der Waals surface area contributed by atoms with Gasteiger partial charge in [-0.25, -0.2) is 0 Å². The summed E-state index contributed by atoms with van der Waals surface area (Å²) in [5.74, 6) is 0.913. The number of carbonyl (C=O) groups excluding carboxylic acids is 1. The summed E-state index contributed by atoms with van der Waals surface area (Å²) in [4.78, 5) is 18.5. The van der Waals surface area contributed by atoms with Crippen LogP contribution in [0.15, 0.2) is 53.1 Å². The van der Waals surface area contributed by atoms with Crippen LogP contribution in [0.4, 0.5) is 11.4 Å². The number of rotatable bonds is 6. The highest BCUT2D eigenvalue weighted by Crippen LogP contribution is 2.18. The third kappa shape index (κ3) is 4.47. The molecule has 0 aliphatic rings. The molecular weight excluding hydrogens is 328 g/mol. The number of anilines is 2.